The lowest BCUT2D eigenvalue weighted by atomic mass is 9.78. The monoisotopic (exact) mass is 301 g/mol. The summed E-state index contributed by atoms with van der Waals surface area (Å²) in [5.41, 5.74) is -0.101. The Kier molecular flexibility index (Phi) is 3.82. The van der Waals surface area contributed by atoms with E-state index >= 15 is 0 Å². The zero-order valence-corrected chi connectivity index (χ0v) is 11.8. The molecule has 2 heterocycles. The van der Waals surface area contributed by atoms with Crippen molar-refractivity contribution in [2.24, 2.45) is 5.41 Å². The lowest BCUT2D eigenvalue weighted by molar-refractivity contribution is -0.127. The molecule has 88 valence electrons. The molecule has 0 amide bonds. The lowest BCUT2D eigenvalue weighted by Crippen LogP contribution is -2.33. The number of carbonyl (C=O) groups is 1. The Morgan fingerprint density at radius 3 is 3.00 bits per heavy atom. The molecule has 0 aromatic carbocycles. The zero-order valence-electron chi connectivity index (χ0n) is 9.38. The summed E-state index contributed by atoms with van der Waals surface area (Å²) in [6, 6.07) is 2.05. The molecule has 1 unspecified atom stereocenters. The Morgan fingerprint density at radius 1 is 1.69 bits per heavy atom. The molecule has 0 radical (unpaired) electrons. The third-order valence-electron chi connectivity index (χ3n) is 3.47. The van der Waals surface area contributed by atoms with Gasteiger partial charge < -0.3 is 5.32 Å². The third kappa shape index (κ3) is 2.39. The maximum atomic E-state index is 12.3. The highest BCUT2D eigenvalue weighted by molar-refractivity contribution is 9.10. The quantitative estimate of drug-likeness (QED) is 0.926. The van der Waals surface area contributed by atoms with E-state index < -0.39 is 0 Å². The molecule has 16 heavy (non-hydrogen) atoms. The molecule has 0 aliphatic carbocycles. The van der Waals surface area contributed by atoms with Gasteiger partial charge in [-0.15, -0.1) is 11.3 Å². The molecule has 1 atom stereocenters. The standard InChI is InChI=1S/C12H16BrNOS/c1-2-12(3-4-14-8-12)11(15)6-10-5-9(13)7-16-10/h5,7,14H,2-4,6,8H2,1H3. The van der Waals surface area contributed by atoms with Gasteiger partial charge in [-0.3, -0.25) is 4.79 Å². The van der Waals surface area contributed by atoms with Gasteiger partial charge in [0.05, 0.1) is 0 Å². The maximum Gasteiger partial charge on any atom is 0.145 e. The van der Waals surface area contributed by atoms with E-state index in [2.05, 4.69) is 28.2 Å². The van der Waals surface area contributed by atoms with E-state index in [1.54, 1.807) is 11.3 Å². The molecule has 1 aromatic rings. The first-order valence-electron chi connectivity index (χ1n) is 5.63. The average molecular weight is 302 g/mol. The first kappa shape index (κ1) is 12.3. The summed E-state index contributed by atoms with van der Waals surface area (Å²) in [7, 11) is 0. The van der Waals surface area contributed by atoms with Gasteiger partial charge in [-0.25, -0.2) is 0 Å². The van der Waals surface area contributed by atoms with E-state index in [1.165, 1.54) is 0 Å². The van der Waals surface area contributed by atoms with Crippen LogP contribution in [0.25, 0.3) is 0 Å². The molecule has 0 bridgehead atoms. The fourth-order valence-corrected chi connectivity index (χ4v) is 3.72. The zero-order chi connectivity index (χ0) is 11.6. The van der Waals surface area contributed by atoms with Crippen LogP contribution in [0.4, 0.5) is 0 Å². The van der Waals surface area contributed by atoms with Crippen LogP contribution in [0.2, 0.25) is 0 Å². The van der Waals surface area contributed by atoms with Gasteiger partial charge in [0.15, 0.2) is 0 Å². The van der Waals surface area contributed by atoms with Crippen molar-refractivity contribution in [2.75, 3.05) is 13.1 Å². The highest BCUT2D eigenvalue weighted by atomic mass is 79.9. The number of Topliss-reactive ketones (excluding diaryl/α,β-unsaturated/α-hetero) is 1. The van der Waals surface area contributed by atoms with Crippen LogP contribution in [0.1, 0.15) is 24.6 Å². The van der Waals surface area contributed by atoms with E-state index in [-0.39, 0.29) is 5.41 Å². The maximum absolute atomic E-state index is 12.3. The largest absolute Gasteiger partial charge is 0.316 e. The predicted molar refractivity (Wildman–Crippen MR) is 70.9 cm³/mol. The molecular formula is C12H16BrNOS. The number of halogens is 1. The molecule has 1 N–H and O–H groups in total. The highest BCUT2D eigenvalue weighted by Gasteiger charge is 2.38. The number of hydrogen-bond donors (Lipinski definition) is 1. The molecule has 0 saturated carbocycles. The number of rotatable bonds is 4. The van der Waals surface area contributed by atoms with Gasteiger partial charge in [-0.05, 0) is 41.4 Å². The van der Waals surface area contributed by atoms with Gasteiger partial charge in [-0.2, -0.15) is 0 Å². The SMILES string of the molecule is CCC1(C(=O)Cc2cc(Br)cs2)CCNC1. The summed E-state index contributed by atoms with van der Waals surface area (Å²) in [6.45, 7) is 3.96. The van der Waals surface area contributed by atoms with E-state index in [1.807, 2.05) is 11.4 Å². The minimum absolute atomic E-state index is 0.101. The topological polar surface area (TPSA) is 29.1 Å². The van der Waals surface area contributed by atoms with E-state index in [4.69, 9.17) is 0 Å². The Balaban J connectivity index is 2.07. The summed E-state index contributed by atoms with van der Waals surface area (Å²) >= 11 is 5.08. The molecule has 1 aliphatic rings. The number of ketones is 1. The highest BCUT2D eigenvalue weighted by Crippen LogP contribution is 2.32. The Hall–Kier alpha value is -0.190. The molecule has 4 heteroatoms. The first-order chi connectivity index (χ1) is 7.66. The van der Waals surface area contributed by atoms with Crippen LogP contribution < -0.4 is 5.32 Å². The van der Waals surface area contributed by atoms with Crippen molar-refractivity contribution in [2.45, 2.75) is 26.2 Å². The van der Waals surface area contributed by atoms with Crippen LogP contribution in [0.3, 0.4) is 0 Å². The molecule has 2 rings (SSSR count). The third-order valence-corrected chi connectivity index (χ3v) is 5.17. The van der Waals surface area contributed by atoms with E-state index in [9.17, 15) is 4.79 Å². The van der Waals surface area contributed by atoms with E-state index in [0.717, 1.165) is 35.3 Å². The second-order valence-electron chi connectivity index (χ2n) is 4.39. The van der Waals surface area contributed by atoms with Gasteiger partial charge in [0.25, 0.3) is 0 Å². The molecule has 1 fully saturated rings. The van der Waals surface area contributed by atoms with Gasteiger partial charge in [0.2, 0.25) is 0 Å². The van der Waals surface area contributed by atoms with Crippen LogP contribution in [-0.4, -0.2) is 18.9 Å². The van der Waals surface area contributed by atoms with Crippen molar-refractivity contribution in [3.63, 3.8) is 0 Å². The van der Waals surface area contributed by atoms with Crippen molar-refractivity contribution in [3.05, 3.63) is 20.8 Å². The summed E-state index contributed by atoms with van der Waals surface area (Å²) in [5.74, 6) is 0.398. The summed E-state index contributed by atoms with van der Waals surface area (Å²) in [6.07, 6.45) is 2.53. The van der Waals surface area contributed by atoms with Crippen molar-refractivity contribution in [1.82, 2.24) is 5.32 Å². The van der Waals surface area contributed by atoms with Crippen LogP contribution in [-0.2, 0) is 11.2 Å². The fourth-order valence-electron chi connectivity index (χ4n) is 2.27. The summed E-state index contributed by atoms with van der Waals surface area (Å²) in [5, 5.41) is 5.35. The average Bonchev–Trinajstić information content (AvgIpc) is 2.88. The smallest absolute Gasteiger partial charge is 0.145 e. The van der Waals surface area contributed by atoms with Crippen molar-refractivity contribution in [3.8, 4) is 0 Å². The fraction of sp³-hybridized carbons (Fsp3) is 0.583. The Morgan fingerprint density at radius 2 is 2.50 bits per heavy atom. The van der Waals surface area contributed by atoms with Gasteiger partial charge >= 0.3 is 0 Å². The van der Waals surface area contributed by atoms with Crippen LogP contribution >= 0.6 is 27.3 Å². The van der Waals surface area contributed by atoms with E-state index in [0.29, 0.717) is 12.2 Å². The first-order valence-corrected chi connectivity index (χ1v) is 7.30. The number of thiophene rings is 1. The lowest BCUT2D eigenvalue weighted by Gasteiger charge is -2.24. The second-order valence-corrected chi connectivity index (χ2v) is 6.30. The molecule has 1 saturated heterocycles. The second kappa shape index (κ2) is 4.98. The summed E-state index contributed by atoms with van der Waals surface area (Å²) < 4.78 is 1.08. The molecule has 0 spiro atoms. The minimum atomic E-state index is -0.101. The Labute approximate surface area is 109 Å². The van der Waals surface area contributed by atoms with Gasteiger partial charge in [0.1, 0.15) is 5.78 Å². The predicted octanol–water partition coefficient (Wildman–Crippen LogP) is 3.01. The van der Waals surface area contributed by atoms with Crippen LogP contribution in [0, 0.1) is 5.41 Å². The van der Waals surface area contributed by atoms with Gasteiger partial charge in [0, 0.05) is 33.1 Å². The molecular weight excluding hydrogens is 286 g/mol. The minimum Gasteiger partial charge on any atom is -0.316 e. The van der Waals surface area contributed by atoms with Gasteiger partial charge in [-0.1, -0.05) is 6.92 Å². The summed E-state index contributed by atoms with van der Waals surface area (Å²) in [4.78, 5) is 13.5. The van der Waals surface area contributed by atoms with Crippen LogP contribution in [0.5, 0.6) is 0 Å². The van der Waals surface area contributed by atoms with Crippen molar-refractivity contribution < 1.29 is 4.79 Å². The molecule has 1 aromatic heterocycles. The van der Waals surface area contributed by atoms with Crippen molar-refractivity contribution >= 4 is 33.0 Å². The van der Waals surface area contributed by atoms with Crippen LogP contribution in [0.15, 0.2) is 15.9 Å². The molecule has 2 nitrogen and oxygen atoms in total. The number of carbonyl (C=O) groups excluding carboxylic acids is 1. The molecule has 1 aliphatic heterocycles. The van der Waals surface area contributed by atoms with Crippen molar-refractivity contribution in [1.29, 1.82) is 0 Å². The normalized spacial score (nSPS) is 24.9. The number of hydrogen-bond acceptors (Lipinski definition) is 3. The Bertz CT molecular complexity index is 382. The number of nitrogens with one attached hydrogen (secondary N) is 1.